The van der Waals surface area contributed by atoms with E-state index in [9.17, 15) is 24.0 Å². The second-order valence-corrected chi connectivity index (χ2v) is 7.37. The first kappa shape index (κ1) is 32.3. The number of benzene rings is 3. The number of carbonyl (C=O) groups is 5. The molecular formula is C26H30ClN3O7. The van der Waals surface area contributed by atoms with Crippen LogP contribution < -0.4 is 16.4 Å². The van der Waals surface area contributed by atoms with Crippen molar-refractivity contribution in [2.24, 2.45) is 0 Å². The number of carboxylic acids is 2. The zero-order chi connectivity index (χ0) is 27.3. The number of halogens is 1. The third-order valence-electron chi connectivity index (χ3n) is 4.04. The van der Waals surface area contributed by atoms with Crippen LogP contribution in [0.15, 0.2) is 72.8 Å². The summed E-state index contributed by atoms with van der Waals surface area (Å²) in [5.74, 6) is -2.23. The van der Waals surface area contributed by atoms with E-state index in [2.05, 4.69) is 10.6 Å². The molecule has 0 aliphatic rings. The Morgan fingerprint density at radius 3 is 1.22 bits per heavy atom. The fraction of sp³-hybridized carbons (Fsp3) is 0.115. The van der Waals surface area contributed by atoms with Gasteiger partial charge in [-0.25, -0.2) is 9.59 Å². The number of carbonyl (C=O) groups excluding carboxylic acids is 3. The average Bonchev–Trinajstić information content (AvgIpc) is 2.80. The highest BCUT2D eigenvalue weighted by atomic mass is 35.5. The smallest absolute Gasteiger partial charge is 0.335 e. The summed E-state index contributed by atoms with van der Waals surface area (Å²) in [5, 5.41) is 21.6. The zero-order valence-electron chi connectivity index (χ0n) is 19.3. The Morgan fingerprint density at radius 2 is 0.946 bits per heavy atom. The maximum absolute atomic E-state index is 10.7. The van der Waals surface area contributed by atoms with E-state index in [4.69, 9.17) is 27.5 Å². The molecular weight excluding hydrogens is 502 g/mol. The lowest BCUT2D eigenvalue weighted by Crippen LogP contribution is -2.05. The highest BCUT2D eigenvalue weighted by Gasteiger charge is 2.02. The summed E-state index contributed by atoms with van der Waals surface area (Å²) in [6, 6.07) is 18.4. The van der Waals surface area contributed by atoms with Gasteiger partial charge in [-0.15, -0.1) is 0 Å². The minimum absolute atomic E-state index is 0. The molecule has 0 spiro atoms. The van der Waals surface area contributed by atoms with Crippen molar-refractivity contribution in [2.75, 3.05) is 16.4 Å². The third-order valence-corrected chi connectivity index (χ3v) is 4.26. The second kappa shape index (κ2) is 16.1. The van der Waals surface area contributed by atoms with Gasteiger partial charge >= 0.3 is 11.9 Å². The van der Waals surface area contributed by atoms with Crippen LogP contribution in [0.3, 0.4) is 0 Å². The highest BCUT2D eigenvalue weighted by molar-refractivity contribution is 6.67. The van der Waals surface area contributed by atoms with Crippen LogP contribution in [0.2, 0.25) is 0 Å². The van der Waals surface area contributed by atoms with Gasteiger partial charge in [0.25, 0.3) is 5.24 Å². The SMILES string of the molecule is C.CC(=O)Nc1ccc(C(=O)Cl)cc1.CC(=O)Nc1ccc(C(=O)O)cc1.Nc1ccc(C(=O)O)cc1.[2HH]. The van der Waals surface area contributed by atoms with Crippen molar-refractivity contribution in [1.29, 1.82) is 0 Å². The molecule has 0 atom stereocenters. The van der Waals surface area contributed by atoms with Crippen molar-refractivity contribution in [3.63, 3.8) is 0 Å². The predicted octanol–water partition coefficient (Wildman–Crippen LogP) is 5.22. The monoisotopic (exact) mass is 532 g/mol. The minimum atomic E-state index is -0.977. The van der Waals surface area contributed by atoms with E-state index >= 15 is 0 Å². The normalized spacial score (nSPS) is 9.05. The maximum Gasteiger partial charge on any atom is 0.335 e. The maximum atomic E-state index is 10.7. The van der Waals surface area contributed by atoms with Crippen LogP contribution in [0.1, 0.15) is 53.8 Å². The molecule has 2 amide bonds. The summed E-state index contributed by atoms with van der Waals surface area (Å²) in [5.41, 5.74) is 8.02. The molecule has 0 bridgehead atoms. The first-order chi connectivity index (χ1) is 16.9. The molecule has 0 unspecified atom stereocenters. The van der Waals surface area contributed by atoms with Crippen LogP contribution in [0.4, 0.5) is 17.1 Å². The molecule has 0 radical (unpaired) electrons. The van der Waals surface area contributed by atoms with Gasteiger partial charge in [0.15, 0.2) is 0 Å². The molecule has 0 aromatic heterocycles. The Kier molecular flexibility index (Phi) is 14.0. The van der Waals surface area contributed by atoms with Crippen LogP contribution in [0, 0.1) is 0 Å². The zero-order valence-corrected chi connectivity index (χ0v) is 20.1. The molecule has 6 N–H and O–H groups in total. The number of anilines is 3. The highest BCUT2D eigenvalue weighted by Crippen LogP contribution is 2.11. The Bertz CT molecular complexity index is 1150. The second-order valence-electron chi connectivity index (χ2n) is 7.02. The number of rotatable bonds is 5. The van der Waals surface area contributed by atoms with Gasteiger partial charge in [-0.2, -0.15) is 0 Å². The topological polar surface area (TPSA) is 176 Å². The lowest BCUT2D eigenvalue weighted by atomic mass is 10.2. The number of hydrogen-bond donors (Lipinski definition) is 5. The van der Waals surface area contributed by atoms with Gasteiger partial charge in [0.05, 0.1) is 11.1 Å². The number of carboxylic acid groups (broad SMARTS) is 2. The van der Waals surface area contributed by atoms with Crippen LogP contribution in [0.25, 0.3) is 0 Å². The summed E-state index contributed by atoms with van der Waals surface area (Å²) >= 11 is 5.23. The first-order valence-corrected chi connectivity index (χ1v) is 10.5. The van der Waals surface area contributed by atoms with E-state index in [1.807, 2.05) is 0 Å². The lowest BCUT2D eigenvalue weighted by molar-refractivity contribution is -0.115. The Hall–Kier alpha value is -4.70. The van der Waals surface area contributed by atoms with E-state index in [-0.39, 0.29) is 31.8 Å². The summed E-state index contributed by atoms with van der Waals surface area (Å²) < 4.78 is 0. The number of nitrogens with one attached hydrogen (secondary N) is 2. The van der Waals surface area contributed by atoms with Gasteiger partial charge in [0.1, 0.15) is 0 Å². The minimum Gasteiger partial charge on any atom is -0.478 e. The third kappa shape index (κ3) is 13.1. The number of hydrogen-bond acceptors (Lipinski definition) is 6. The van der Waals surface area contributed by atoms with Crippen LogP contribution >= 0.6 is 11.6 Å². The van der Waals surface area contributed by atoms with Gasteiger partial charge in [-0.3, -0.25) is 14.4 Å². The van der Waals surface area contributed by atoms with Crippen molar-refractivity contribution in [2.45, 2.75) is 21.3 Å². The molecule has 198 valence electrons. The molecule has 10 nitrogen and oxygen atoms in total. The molecule has 0 fully saturated rings. The van der Waals surface area contributed by atoms with E-state index in [1.165, 1.54) is 38.1 Å². The van der Waals surface area contributed by atoms with Gasteiger partial charge in [-0.05, 0) is 84.4 Å². The number of nitrogens with two attached hydrogens (primary N) is 1. The standard InChI is InChI=1S/C9H8ClNO2.C9H9NO3.C7H7NO2.CH4.H2/c1-6(12)11-8-4-2-7(3-5-8)9(10)13;1-6(11)10-8-4-2-7(3-5-8)9(12)13;8-6-3-1-5(2-4-6)7(9)10;;/h2-5H,1H3,(H,11,12);2-5H,1H3,(H,10,11)(H,12,13);1-4H,8H2,(H,9,10);1H4;1H/i;;;;1+1. The van der Waals surface area contributed by atoms with Crippen LogP contribution in [0.5, 0.6) is 0 Å². The van der Waals surface area contributed by atoms with Gasteiger partial charge < -0.3 is 26.6 Å². The van der Waals surface area contributed by atoms with E-state index in [0.29, 0.717) is 22.6 Å². The van der Waals surface area contributed by atoms with E-state index < -0.39 is 17.2 Å². The molecule has 37 heavy (non-hydrogen) atoms. The molecule has 3 aromatic rings. The Morgan fingerprint density at radius 1 is 0.649 bits per heavy atom. The molecule has 11 heteroatoms. The first-order valence-electron chi connectivity index (χ1n) is 10.2. The fourth-order valence-electron chi connectivity index (χ4n) is 2.41. The van der Waals surface area contributed by atoms with E-state index in [0.717, 1.165) is 0 Å². The lowest BCUT2D eigenvalue weighted by Gasteiger charge is -2.01. The van der Waals surface area contributed by atoms with Crippen LogP contribution in [-0.2, 0) is 9.59 Å². The largest absolute Gasteiger partial charge is 0.478 e. The van der Waals surface area contributed by atoms with Gasteiger partial charge in [-0.1, -0.05) is 7.43 Å². The van der Waals surface area contributed by atoms with Crippen molar-refractivity contribution in [3.8, 4) is 0 Å². The number of amides is 2. The Labute approximate surface area is 220 Å². The van der Waals surface area contributed by atoms with Gasteiger partial charge in [0, 0.05) is 37.9 Å². The average molecular weight is 533 g/mol. The summed E-state index contributed by atoms with van der Waals surface area (Å²) in [7, 11) is 0. The van der Waals surface area contributed by atoms with Crippen LogP contribution in [-0.4, -0.2) is 39.2 Å². The quantitative estimate of drug-likeness (QED) is 0.219. The molecule has 0 aliphatic heterocycles. The number of nitrogen functional groups attached to an aromatic ring is 1. The number of aromatic carboxylic acids is 2. The predicted molar refractivity (Wildman–Crippen MR) is 145 cm³/mol. The molecule has 0 saturated carbocycles. The van der Waals surface area contributed by atoms with Crippen molar-refractivity contribution < 1.29 is 35.6 Å². The molecule has 3 aromatic carbocycles. The van der Waals surface area contributed by atoms with Crippen molar-refractivity contribution in [3.05, 3.63) is 89.5 Å². The summed E-state index contributed by atoms with van der Waals surface area (Å²) in [6.45, 7) is 2.81. The molecule has 0 saturated heterocycles. The molecule has 0 heterocycles. The molecule has 3 rings (SSSR count). The Balaban J connectivity index is 0. The molecule has 0 aliphatic carbocycles. The van der Waals surface area contributed by atoms with Crippen molar-refractivity contribution in [1.82, 2.24) is 0 Å². The van der Waals surface area contributed by atoms with Crippen molar-refractivity contribution >= 4 is 57.7 Å². The van der Waals surface area contributed by atoms with Gasteiger partial charge in [0.2, 0.25) is 11.8 Å². The summed E-state index contributed by atoms with van der Waals surface area (Å²) in [6.07, 6.45) is 0. The van der Waals surface area contributed by atoms with E-state index in [1.54, 1.807) is 48.5 Å². The summed E-state index contributed by atoms with van der Waals surface area (Å²) in [4.78, 5) is 52.6. The fourth-order valence-corrected chi connectivity index (χ4v) is 2.54.